The van der Waals surface area contributed by atoms with Crippen LogP contribution in [0.4, 0.5) is 4.79 Å². The second-order valence-electron chi connectivity index (χ2n) is 5.78. The van der Waals surface area contributed by atoms with Gasteiger partial charge in [0.1, 0.15) is 5.54 Å². The maximum atomic E-state index is 12.6. The van der Waals surface area contributed by atoms with Crippen molar-refractivity contribution in [3.63, 3.8) is 0 Å². The number of ketones is 1. The predicted molar refractivity (Wildman–Crippen MR) is 86.2 cm³/mol. The fourth-order valence-electron chi connectivity index (χ4n) is 3.08. The zero-order valence-corrected chi connectivity index (χ0v) is 13.2. The molecule has 0 unspecified atom stereocenters. The Hall–Kier alpha value is -2.63. The summed E-state index contributed by atoms with van der Waals surface area (Å²) < 4.78 is 0. The van der Waals surface area contributed by atoms with Crippen molar-refractivity contribution >= 4 is 28.6 Å². The highest BCUT2D eigenvalue weighted by molar-refractivity contribution is 6.14. The first-order valence-electron chi connectivity index (χ1n) is 7.76. The molecule has 2 N–H and O–H groups in total. The largest absolute Gasteiger partial charge is 0.360 e. The lowest BCUT2D eigenvalue weighted by Gasteiger charge is -2.22. The average molecular weight is 313 g/mol. The number of carbonyl (C=O) groups is 3. The van der Waals surface area contributed by atoms with Crippen LogP contribution in [-0.4, -0.2) is 39.7 Å². The van der Waals surface area contributed by atoms with Crippen LogP contribution in [0.25, 0.3) is 10.9 Å². The number of hydrogen-bond donors (Lipinski definition) is 2. The Morgan fingerprint density at radius 1 is 1.17 bits per heavy atom. The number of nitrogens with one attached hydrogen (secondary N) is 2. The van der Waals surface area contributed by atoms with Crippen molar-refractivity contribution in [3.8, 4) is 0 Å². The third kappa shape index (κ3) is 2.30. The Balaban J connectivity index is 1.86. The van der Waals surface area contributed by atoms with E-state index < -0.39 is 11.6 Å². The molecule has 1 aromatic heterocycles. The van der Waals surface area contributed by atoms with Gasteiger partial charge in [0.05, 0.1) is 6.54 Å². The Morgan fingerprint density at radius 2 is 1.87 bits per heavy atom. The Morgan fingerprint density at radius 3 is 2.52 bits per heavy atom. The van der Waals surface area contributed by atoms with E-state index in [1.807, 2.05) is 38.1 Å². The van der Waals surface area contributed by atoms with E-state index in [1.165, 1.54) is 0 Å². The predicted octanol–water partition coefficient (Wildman–Crippen LogP) is 2.46. The molecular weight excluding hydrogens is 294 g/mol. The smallest absolute Gasteiger partial charge is 0.325 e. The summed E-state index contributed by atoms with van der Waals surface area (Å²) in [5, 5.41) is 3.53. The Kier molecular flexibility index (Phi) is 3.67. The lowest BCUT2D eigenvalue weighted by atomic mass is 9.93. The number of urea groups is 1. The maximum absolute atomic E-state index is 12.6. The number of aromatic amines is 1. The van der Waals surface area contributed by atoms with Gasteiger partial charge in [-0.1, -0.05) is 32.0 Å². The molecule has 1 aliphatic heterocycles. The molecule has 0 radical (unpaired) electrons. The van der Waals surface area contributed by atoms with E-state index in [1.54, 1.807) is 6.20 Å². The van der Waals surface area contributed by atoms with Gasteiger partial charge in [-0.3, -0.25) is 14.5 Å². The minimum absolute atomic E-state index is 0.242. The van der Waals surface area contributed by atoms with E-state index in [4.69, 9.17) is 0 Å². The minimum atomic E-state index is -0.877. The second-order valence-corrected chi connectivity index (χ2v) is 5.78. The normalized spacial score (nSPS) is 16.9. The van der Waals surface area contributed by atoms with Gasteiger partial charge in [0.25, 0.3) is 5.91 Å². The van der Waals surface area contributed by atoms with Crippen LogP contribution in [0.15, 0.2) is 30.5 Å². The molecule has 0 atom stereocenters. The lowest BCUT2D eigenvalue weighted by molar-refractivity contribution is -0.131. The number of H-pyrrole nitrogens is 1. The highest BCUT2D eigenvalue weighted by Gasteiger charge is 2.49. The number of rotatable bonds is 5. The van der Waals surface area contributed by atoms with Gasteiger partial charge < -0.3 is 10.3 Å². The van der Waals surface area contributed by atoms with Crippen molar-refractivity contribution in [2.75, 3.05) is 6.54 Å². The van der Waals surface area contributed by atoms with Crippen LogP contribution in [0, 0.1) is 0 Å². The molecule has 120 valence electrons. The molecule has 23 heavy (non-hydrogen) atoms. The average Bonchev–Trinajstić information content (AvgIpc) is 3.09. The summed E-state index contributed by atoms with van der Waals surface area (Å²) >= 11 is 0. The van der Waals surface area contributed by atoms with Crippen molar-refractivity contribution in [1.29, 1.82) is 0 Å². The van der Waals surface area contributed by atoms with Gasteiger partial charge in [-0.05, 0) is 18.9 Å². The monoisotopic (exact) mass is 313 g/mol. The van der Waals surface area contributed by atoms with Crippen molar-refractivity contribution < 1.29 is 14.4 Å². The molecule has 0 spiro atoms. The number of nitrogens with zero attached hydrogens (tertiary/aromatic N) is 1. The van der Waals surface area contributed by atoms with E-state index in [0.717, 1.165) is 15.8 Å². The lowest BCUT2D eigenvalue weighted by Crippen LogP contribution is -2.46. The molecule has 0 bridgehead atoms. The molecule has 2 aromatic rings. The van der Waals surface area contributed by atoms with Gasteiger partial charge >= 0.3 is 6.03 Å². The topological polar surface area (TPSA) is 82.3 Å². The fraction of sp³-hybridized carbons (Fsp3) is 0.353. The minimum Gasteiger partial charge on any atom is -0.360 e. The van der Waals surface area contributed by atoms with Gasteiger partial charge in [-0.15, -0.1) is 0 Å². The van der Waals surface area contributed by atoms with Crippen molar-refractivity contribution in [2.45, 2.75) is 32.2 Å². The van der Waals surface area contributed by atoms with E-state index >= 15 is 0 Å². The summed E-state index contributed by atoms with van der Waals surface area (Å²) in [7, 11) is 0. The molecule has 6 heteroatoms. The molecule has 3 rings (SSSR count). The first-order valence-corrected chi connectivity index (χ1v) is 7.76. The molecule has 0 aliphatic carbocycles. The standard InChI is InChI=1S/C17H19N3O3/c1-3-17(4-2)15(22)20(16(23)19-17)10-14(21)12-9-18-13-8-6-5-7-11(12)13/h5-9,18H,3-4,10H2,1-2H3,(H,19,23). The summed E-state index contributed by atoms with van der Waals surface area (Å²) in [5.41, 5.74) is 0.466. The number of para-hydroxylation sites is 1. The van der Waals surface area contributed by atoms with Crippen LogP contribution in [0.5, 0.6) is 0 Å². The van der Waals surface area contributed by atoms with Gasteiger partial charge in [0.2, 0.25) is 0 Å². The van der Waals surface area contributed by atoms with Crippen molar-refractivity contribution in [3.05, 3.63) is 36.0 Å². The Bertz CT molecular complexity index is 789. The molecular formula is C17H19N3O3. The summed E-state index contributed by atoms with van der Waals surface area (Å²) in [5.74, 6) is -0.574. The van der Waals surface area contributed by atoms with E-state index in [0.29, 0.717) is 18.4 Å². The zero-order chi connectivity index (χ0) is 16.6. The van der Waals surface area contributed by atoms with E-state index in [9.17, 15) is 14.4 Å². The van der Waals surface area contributed by atoms with Crippen LogP contribution >= 0.6 is 0 Å². The maximum Gasteiger partial charge on any atom is 0.325 e. The van der Waals surface area contributed by atoms with Gasteiger partial charge in [-0.25, -0.2) is 4.79 Å². The first kappa shape index (κ1) is 15.3. The first-order chi connectivity index (χ1) is 11.0. The molecule has 0 saturated carbocycles. The van der Waals surface area contributed by atoms with Crippen LogP contribution in [0.3, 0.4) is 0 Å². The number of Topliss-reactive ketones (excluding diaryl/α,β-unsaturated/α-hetero) is 1. The van der Waals surface area contributed by atoms with Crippen LogP contribution in [0.2, 0.25) is 0 Å². The molecule has 1 aromatic carbocycles. The molecule has 1 saturated heterocycles. The molecule has 2 heterocycles. The van der Waals surface area contributed by atoms with Gasteiger partial charge in [0.15, 0.2) is 5.78 Å². The van der Waals surface area contributed by atoms with Crippen LogP contribution < -0.4 is 5.32 Å². The number of carbonyl (C=O) groups excluding carboxylic acids is 3. The van der Waals surface area contributed by atoms with Gasteiger partial charge in [0, 0.05) is 22.7 Å². The molecule has 6 nitrogen and oxygen atoms in total. The molecule has 1 fully saturated rings. The summed E-state index contributed by atoms with van der Waals surface area (Å²) in [6, 6.07) is 6.94. The number of aromatic nitrogens is 1. The quantitative estimate of drug-likeness (QED) is 0.657. The molecule has 1 aliphatic rings. The fourth-order valence-corrected chi connectivity index (χ4v) is 3.08. The van der Waals surface area contributed by atoms with Gasteiger partial charge in [-0.2, -0.15) is 0 Å². The number of fused-ring (bicyclic) bond motifs is 1. The summed E-state index contributed by atoms with van der Waals surface area (Å²) in [6.07, 6.45) is 2.63. The Labute approximate surface area is 133 Å². The number of hydrogen-bond acceptors (Lipinski definition) is 3. The highest BCUT2D eigenvalue weighted by Crippen LogP contribution is 2.26. The molecule has 3 amide bonds. The van der Waals surface area contributed by atoms with Crippen molar-refractivity contribution in [1.82, 2.24) is 15.2 Å². The zero-order valence-electron chi connectivity index (χ0n) is 13.2. The summed E-state index contributed by atoms with van der Waals surface area (Å²) in [6.45, 7) is 3.47. The van der Waals surface area contributed by atoms with E-state index in [2.05, 4.69) is 10.3 Å². The van der Waals surface area contributed by atoms with Crippen LogP contribution in [0.1, 0.15) is 37.0 Å². The van der Waals surface area contributed by atoms with Crippen LogP contribution in [-0.2, 0) is 4.79 Å². The number of benzene rings is 1. The van der Waals surface area contributed by atoms with E-state index in [-0.39, 0.29) is 18.2 Å². The highest BCUT2D eigenvalue weighted by atomic mass is 16.2. The SMILES string of the molecule is CCC1(CC)NC(=O)N(CC(=O)c2c[nH]c3ccccc23)C1=O. The van der Waals surface area contributed by atoms with Crippen molar-refractivity contribution in [2.24, 2.45) is 0 Å². The third-order valence-corrected chi connectivity index (χ3v) is 4.64. The third-order valence-electron chi connectivity index (χ3n) is 4.64. The number of amides is 3. The second kappa shape index (κ2) is 5.53. The number of imide groups is 1. The summed E-state index contributed by atoms with van der Waals surface area (Å²) in [4.78, 5) is 41.3.